The van der Waals surface area contributed by atoms with E-state index >= 15 is 0 Å². The molecule has 0 aromatic heterocycles. The number of hydrogen-bond donors (Lipinski definition) is 1. The lowest BCUT2D eigenvalue weighted by Crippen LogP contribution is -2.50. The molecule has 3 rings (SSSR count). The molecule has 0 bridgehead atoms. The molecular formula is C23H38N4O2. The van der Waals surface area contributed by atoms with Crippen molar-refractivity contribution in [3.63, 3.8) is 0 Å². The lowest BCUT2D eigenvalue weighted by Gasteiger charge is -2.34. The fraction of sp³-hybridized carbons (Fsp3) is 0.696. The van der Waals surface area contributed by atoms with Crippen molar-refractivity contribution in [1.82, 2.24) is 15.1 Å². The van der Waals surface area contributed by atoms with Gasteiger partial charge < -0.3 is 19.7 Å². The number of benzene rings is 1. The Morgan fingerprint density at radius 3 is 2.83 bits per heavy atom. The second kappa shape index (κ2) is 11.5. The Morgan fingerprint density at radius 2 is 2.07 bits per heavy atom. The molecule has 0 aliphatic carbocycles. The molecule has 2 unspecified atom stereocenters. The quantitative estimate of drug-likeness (QED) is 0.535. The van der Waals surface area contributed by atoms with Crippen LogP contribution < -0.4 is 5.32 Å². The molecule has 0 saturated carbocycles. The average molecular weight is 403 g/mol. The van der Waals surface area contributed by atoms with Crippen LogP contribution in [0.4, 0.5) is 0 Å². The first kappa shape index (κ1) is 22.1. The number of hydrogen-bond acceptors (Lipinski definition) is 4. The van der Waals surface area contributed by atoms with Gasteiger partial charge in [0, 0.05) is 52.2 Å². The zero-order valence-corrected chi connectivity index (χ0v) is 18.3. The fourth-order valence-corrected chi connectivity index (χ4v) is 4.20. The van der Waals surface area contributed by atoms with E-state index in [1.807, 2.05) is 13.1 Å². The number of nitrogens with one attached hydrogen (secondary N) is 1. The molecule has 29 heavy (non-hydrogen) atoms. The maximum atomic E-state index is 5.97. The summed E-state index contributed by atoms with van der Waals surface area (Å²) in [6, 6.07) is 10.4. The van der Waals surface area contributed by atoms with Crippen molar-refractivity contribution >= 4 is 5.96 Å². The van der Waals surface area contributed by atoms with Gasteiger partial charge in [-0.1, -0.05) is 44.2 Å². The van der Waals surface area contributed by atoms with E-state index in [9.17, 15) is 0 Å². The molecule has 1 aromatic carbocycles. The van der Waals surface area contributed by atoms with Gasteiger partial charge in [0.2, 0.25) is 0 Å². The molecule has 1 N–H and O–H groups in total. The number of guanidine groups is 1. The third-order valence-electron chi connectivity index (χ3n) is 5.60. The minimum Gasteiger partial charge on any atom is -0.376 e. The van der Waals surface area contributed by atoms with Gasteiger partial charge in [-0.3, -0.25) is 9.89 Å². The Kier molecular flexibility index (Phi) is 8.77. The first-order valence-electron chi connectivity index (χ1n) is 11.0. The highest BCUT2D eigenvalue weighted by Crippen LogP contribution is 2.17. The van der Waals surface area contributed by atoms with E-state index in [0.29, 0.717) is 18.4 Å². The predicted molar refractivity (Wildman–Crippen MR) is 118 cm³/mol. The molecule has 0 amide bonds. The summed E-state index contributed by atoms with van der Waals surface area (Å²) in [5, 5.41) is 3.54. The van der Waals surface area contributed by atoms with Crippen molar-refractivity contribution in [2.75, 3.05) is 59.5 Å². The lowest BCUT2D eigenvalue weighted by atomic mass is 10.1. The van der Waals surface area contributed by atoms with E-state index in [-0.39, 0.29) is 6.10 Å². The summed E-state index contributed by atoms with van der Waals surface area (Å²) in [5.41, 5.74) is 1.24. The molecule has 2 aliphatic rings. The maximum Gasteiger partial charge on any atom is 0.193 e. The number of aliphatic imine (C=N–C) groups is 1. The summed E-state index contributed by atoms with van der Waals surface area (Å²) in [7, 11) is 1.87. The van der Waals surface area contributed by atoms with Gasteiger partial charge in [-0.25, -0.2) is 0 Å². The van der Waals surface area contributed by atoms with E-state index in [2.05, 4.69) is 58.2 Å². The van der Waals surface area contributed by atoms with Crippen LogP contribution in [0.5, 0.6) is 0 Å². The van der Waals surface area contributed by atoms with Crippen LogP contribution in [0.3, 0.4) is 0 Å². The molecule has 6 nitrogen and oxygen atoms in total. The number of likely N-dealkylation sites (tertiary alicyclic amines) is 1. The summed E-state index contributed by atoms with van der Waals surface area (Å²) in [6.07, 6.45) is 1.38. The van der Waals surface area contributed by atoms with Gasteiger partial charge in [0.1, 0.15) is 0 Å². The molecule has 2 fully saturated rings. The first-order valence-corrected chi connectivity index (χ1v) is 11.0. The van der Waals surface area contributed by atoms with E-state index in [0.717, 1.165) is 64.9 Å². The summed E-state index contributed by atoms with van der Waals surface area (Å²) < 4.78 is 11.9. The number of nitrogens with zero attached hydrogens (tertiary/aromatic N) is 3. The van der Waals surface area contributed by atoms with E-state index in [1.54, 1.807) is 0 Å². The predicted octanol–water partition coefficient (Wildman–Crippen LogP) is 2.46. The fourth-order valence-electron chi connectivity index (χ4n) is 4.20. The highest BCUT2D eigenvalue weighted by molar-refractivity contribution is 5.80. The first-order chi connectivity index (χ1) is 14.1. The zero-order valence-electron chi connectivity index (χ0n) is 18.3. The molecule has 2 atom stereocenters. The van der Waals surface area contributed by atoms with Gasteiger partial charge in [0.15, 0.2) is 5.96 Å². The van der Waals surface area contributed by atoms with E-state index < -0.39 is 0 Å². The smallest absolute Gasteiger partial charge is 0.193 e. The van der Waals surface area contributed by atoms with E-state index in [4.69, 9.17) is 9.47 Å². The average Bonchev–Trinajstić information content (AvgIpc) is 3.18. The van der Waals surface area contributed by atoms with Crippen LogP contribution >= 0.6 is 0 Å². The zero-order chi connectivity index (χ0) is 20.5. The molecule has 6 heteroatoms. The highest BCUT2D eigenvalue weighted by Gasteiger charge is 2.26. The van der Waals surface area contributed by atoms with Crippen molar-refractivity contribution < 1.29 is 9.47 Å². The number of rotatable bonds is 8. The van der Waals surface area contributed by atoms with Gasteiger partial charge in [0.05, 0.1) is 25.9 Å². The SMILES string of the molecule is CN=C(NCC1CN(CC(C)C)CCO1)N1CCC(COCc2ccccc2)C1. The van der Waals surface area contributed by atoms with Gasteiger partial charge in [-0.15, -0.1) is 0 Å². The van der Waals surface area contributed by atoms with Crippen LogP contribution in [0.25, 0.3) is 0 Å². The minimum absolute atomic E-state index is 0.229. The lowest BCUT2D eigenvalue weighted by molar-refractivity contribution is -0.0286. The van der Waals surface area contributed by atoms with Crippen LogP contribution in [0, 0.1) is 11.8 Å². The summed E-state index contributed by atoms with van der Waals surface area (Å²) in [5.74, 6) is 2.24. The Labute approximate surface area is 176 Å². The third-order valence-corrected chi connectivity index (χ3v) is 5.60. The highest BCUT2D eigenvalue weighted by atomic mass is 16.5. The van der Waals surface area contributed by atoms with Crippen LogP contribution in [0.1, 0.15) is 25.8 Å². The normalized spacial score (nSPS) is 23.7. The molecular weight excluding hydrogens is 364 g/mol. The van der Waals surface area contributed by atoms with Crippen molar-refractivity contribution in [2.24, 2.45) is 16.8 Å². The molecule has 162 valence electrons. The molecule has 2 aliphatic heterocycles. The third kappa shape index (κ3) is 7.28. The Morgan fingerprint density at radius 1 is 1.24 bits per heavy atom. The topological polar surface area (TPSA) is 49.3 Å². The van der Waals surface area contributed by atoms with Crippen LogP contribution in [0.15, 0.2) is 35.3 Å². The molecule has 2 saturated heterocycles. The number of ether oxygens (including phenoxy) is 2. The van der Waals surface area contributed by atoms with Gasteiger partial charge in [-0.2, -0.15) is 0 Å². The Balaban J connectivity index is 1.37. The van der Waals surface area contributed by atoms with Crippen LogP contribution in [-0.2, 0) is 16.1 Å². The summed E-state index contributed by atoms with van der Waals surface area (Å²) in [4.78, 5) is 9.37. The van der Waals surface area contributed by atoms with Gasteiger partial charge >= 0.3 is 0 Å². The Bertz CT molecular complexity index is 623. The monoisotopic (exact) mass is 402 g/mol. The standard InChI is InChI=1S/C23H38N4O2/c1-19(2)14-26-11-12-29-22(16-26)13-25-23(24-3)27-10-9-21(15-27)18-28-17-20-7-5-4-6-8-20/h4-8,19,21-22H,9-18H2,1-3H3,(H,24,25). The van der Waals surface area contributed by atoms with Crippen molar-refractivity contribution in [2.45, 2.75) is 33.0 Å². The minimum atomic E-state index is 0.229. The largest absolute Gasteiger partial charge is 0.376 e. The molecule has 0 spiro atoms. The van der Waals surface area contributed by atoms with Gasteiger partial charge in [0.25, 0.3) is 0 Å². The van der Waals surface area contributed by atoms with Crippen molar-refractivity contribution in [1.29, 1.82) is 0 Å². The van der Waals surface area contributed by atoms with Crippen LogP contribution in [0.2, 0.25) is 0 Å². The molecule has 1 aromatic rings. The molecule has 0 radical (unpaired) electrons. The van der Waals surface area contributed by atoms with E-state index in [1.165, 1.54) is 5.56 Å². The second-order valence-electron chi connectivity index (χ2n) is 8.68. The Hall–Kier alpha value is -1.63. The summed E-state index contributed by atoms with van der Waals surface area (Å²) in [6.45, 7) is 12.9. The van der Waals surface area contributed by atoms with Crippen molar-refractivity contribution in [3.05, 3.63) is 35.9 Å². The number of morpholine rings is 1. The summed E-state index contributed by atoms with van der Waals surface area (Å²) >= 11 is 0. The van der Waals surface area contributed by atoms with Crippen LogP contribution in [-0.4, -0.2) is 81.4 Å². The van der Waals surface area contributed by atoms with Gasteiger partial charge in [-0.05, 0) is 17.9 Å². The molecule has 2 heterocycles. The second-order valence-corrected chi connectivity index (χ2v) is 8.68. The maximum absolute atomic E-state index is 5.97. The van der Waals surface area contributed by atoms with Crippen molar-refractivity contribution in [3.8, 4) is 0 Å².